The minimum Gasteiger partial charge on any atom is -0.540 e. The second-order valence-electron chi connectivity index (χ2n) is 1.49. The zero-order valence-electron chi connectivity index (χ0n) is 4.94. The van der Waals surface area contributed by atoms with Crippen molar-refractivity contribution in [3.63, 3.8) is 0 Å². The predicted octanol–water partition coefficient (Wildman–Crippen LogP) is -3.20. The van der Waals surface area contributed by atoms with Crippen molar-refractivity contribution in [1.29, 1.82) is 0 Å². The zero-order chi connectivity index (χ0) is 8.43. The SMILES string of the molecule is O=C([O-])c1nnc(C(=O)[O-])o1. The highest BCUT2D eigenvalue weighted by Crippen LogP contribution is 1.95. The largest absolute Gasteiger partial charge is 0.540 e. The second kappa shape index (κ2) is 2.37. The van der Waals surface area contributed by atoms with Gasteiger partial charge in [-0.05, 0) is 0 Å². The van der Waals surface area contributed by atoms with E-state index < -0.39 is 23.7 Å². The Balaban J connectivity index is 2.99. The molecule has 11 heavy (non-hydrogen) atoms. The van der Waals surface area contributed by atoms with Crippen LogP contribution in [0.5, 0.6) is 0 Å². The van der Waals surface area contributed by atoms with Crippen molar-refractivity contribution in [3.05, 3.63) is 11.8 Å². The summed E-state index contributed by atoms with van der Waals surface area (Å²) in [6.45, 7) is 0. The molecule has 1 rings (SSSR count). The van der Waals surface area contributed by atoms with Crippen molar-refractivity contribution in [3.8, 4) is 0 Å². The van der Waals surface area contributed by atoms with Gasteiger partial charge in [-0.3, -0.25) is 0 Å². The van der Waals surface area contributed by atoms with Crippen LogP contribution in [0.3, 0.4) is 0 Å². The lowest BCUT2D eigenvalue weighted by Crippen LogP contribution is -2.23. The second-order valence-corrected chi connectivity index (χ2v) is 1.49. The number of carboxylic acids is 2. The summed E-state index contributed by atoms with van der Waals surface area (Å²) in [6, 6.07) is 0. The van der Waals surface area contributed by atoms with Crippen molar-refractivity contribution in [2.24, 2.45) is 0 Å². The van der Waals surface area contributed by atoms with Gasteiger partial charge in [0, 0.05) is 0 Å². The molecule has 1 aromatic rings. The molecule has 1 heterocycles. The average Bonchev–Trinajstić information content (AvgIpc) is 2.33. The van der Waals surface area contributed by atoms with Crippen molar-refractivity contribution in [2.45, 2.75) is 0 Å². The Morgan fingerprint density at radius 3 is 1.64 bits per heavy atom. The quantitative estimate of drug-likeness (QED) is 0.442. The normalized spacial score (nSPS) is 9.45. The van der Waals surface area contributed by atoms with Crippen LogP contribution in [0, 0.1) is 0 Å². The highest BCUT2D eigenvalue weighted by atomic mass is 16.4. The number of carboxylic acid groups (broad SMARTS) is 2. The molecule has 0 aliphatic carbocycles. The van der Waals surface area contributed by atoms with Gasteiger partial charge in [-0.2, -0.15) is 0 Å². The molecule has 7 heteroatoms. The molecular formula is C4N2O5-2. The van der Waals surface area contributed by atoms with Gasteiger partial charge in [-0.1, -0.05) is 0 Å². The van der Waals surface area contributed by atoms with Gasteiger partial charge in [-0.15, -0.1) is 10.2 Å². The third kappa shape index (κ3) is 1.31. The molecule has 0 aliphatic heterocycles. The number of carbonyl (C=O) groups is 2. The summed E-state index contributed by atoms with van der Waals surface area (Å²) in [5.74, 6) is -5.23. The van der Waals surface area contributed by atoms with Crippen molar-refractivity contribution in [1.82, 2.24) is 10.2 Å². The first kappa shape index (κ1) is 7.19. The molecule has 0 bridgehead atoms. The van der Waals surface area contributed by atoms with Gasteiger partial charge >= 0.3 is 0 Å². The van der Waals surface area contributed by atoms with E-state index in [4.69, 9.17) is 0 Å². The Morgan fingerprint density at radius 1 is 1.09 bits per heavy atom. The first-order valence-electron chi connectivity index (χ1n) is 2.37. The molecular weight excluding hydrogens is 156 g/mol. The monoisotopic (exact) mass is 156 g/mol. The summed E-state index contributed by atoms with van der Waals surface area (Å²) in [5.41, 5.74) is 0. The molecule has 0 saturated carbocycles. The minimum absolute atomic E-state index is 0.885. The van der Waals surface area contributed by atoms with E-state index >= 15 is 0 Å². The van der Waals surface area contributed by atoms with Gasteiger partial charge < -0.3 is 24.2 Å². The van der Waals surface area contributed by atoms with E-state index in [1.54, 1.807) is 0 Å². The fraction of sp³-hybridized carbons (Fsp3) is 0. The van der Waals surface area contributed by atoms with E-state index in [-0.39, 0.29) is 0 Å². The fourth-order valence-corrected chi connectivity index (χ4v) is 0.388. The van der Waals surface area contributed by atoms with Crippen LogP contribution in [0.1, 0.15) is 21.4 Å². The number of aromatic carboxylic acids is 2. The zero-order valence-corrected chi connectivity index (χ0v) is 4.94. The first-order valence-corrected chi connectivity index (χ1v) is 2.37. The standard InChI is InChI=1S/C4H2N2O5/c7-3(8)1-5-6-2(11-1)4(9)10/h(H,7,8)(H,9,10)/p-2. The molecule has 0 fully saturated rings. The van der Waals surface area contributed by atoms with E-state index in [2.05, 4.69) is 14.6 Å². The van der Waals surface area contributed by atoms with Crippen LogP contribution in [-0.2, 0) is 0 Å². The van der Waals surface area contributed by atoms with Gasteiger partial charge in [0.25, 0.3) is 11.8 Å². The molecule has 0 atom stereocenters. The van der Waals surface area contributed by atoms with Crippen molar-refractivity contribution < 1.29 is 24.2 Å². The number of nitrogens with zero attached hydrogens (tertiary/aromatic N) is 2. The third-order valence-corrected chi connectivity index (χ3v) is 0.774. The molecule has 0 aromatic carbocycles. The number of aromatic nitrogens is 2. The van der Waals surface area contributed by atoms with Crippen LogP contribution in [0.4, 0.5) is 0 Å². The Labute approximate surface area is 59.3 Å². The highest BCUT2D eigenvalue weighted by molar-refractivity contribution is 5.83. The number of carbonyl (C=O) groups excluding carboxylic acids is 2. The fourth-order valence-electron chi connectivity index (χ4n) is 0.388. The molecule has 58 valence electrons. The summed E-state index contributed by atoms with van der Waals surface area (Å²) in [7, 11) is 0. The summed E-state index contributed by atoms with van der Waals surface area (Å²) in [5, 5.41) is 25.5. The molecule has 0 saturated heterocycles. The predicted molar refractivity (Wildman–Crippen MR) is 23.0 cm³/mol. The summed E-state index contributed by atoms with van der Waals surface area (Å²) in [4.78, 5) is 19.8. The summed E-state index contributed by atoms with van der Waals surface area (Å²) < 4.78 is 4.06. The Hall–Kier alpha value is -1.92. The molecule has 0 amide bonds. The topological polar surface area (TPSA) is 119 Å². The maximum atomic E-state index is 9.92. The van der Waals surface area contributed by atoms with E-state index in [0.29, 0.717) is 0 Å². The lowest BCUT2D eigenvalue weighted by atomic mass is 10.7. The molecule has 7 nitrogen and oxygen atoms in total. The molecule has 0 spiro atoms. The number of hydrogen-bond acceptors (Lipinski definition) is 7. The van der Waals surface area contributed by atoms with Crippen LogP contribution >= 0.6 is 0 Å². The van der Waals surface area contributed by atoms with Gasteiger partial charge in [0.2, 0.25) is 0 Å². The maximum absolute atomic E-state index is 9.92. The minimum atomic E-state index is -1.73. The van der Waals surface area contributed by atoms with Crippen molar-refractivity contribution >= 4 is 11.9 Å². The van der Waals surface area contributed by atoms with E-state index in [0.717, 1.165) is 0 Å². The Bertz CT molecular complexity index is 275. The van der Waals surface area contributed by atoms with Crippen LogP contribution in [0.2, 0.25) is 0 Å². The molecule has 0 N–H and O–H groups in total. The van der Waals surface area contributed by atoms with E-state index in [9.17, 15) is 19.8 Å². The number of rotatable bonds is 2. The lowest BCUT2D eigenvalue weighted by Gasteiger charge is -1.92. The number of hydrogen-bond donors (Lipinski definition) is 0. The Morgan fingerprint density at radius 2 is 1.45 bits per heavy atom. The lowest BCUT2D eigenvalue weighted by molar-refractivity contribution is -0.259. The smallest absolute Gasteiger partial charge is 0.263 e. The maximum Gasteiger partial charge on any atom is 0.263 e. The molecule has 0 aliphatic rings. The van der Waals surface area contributed by atoms with Gasteiger partial charge in [0.05, 0.1) is 0 Å². The van der Waals surface area contributed by atoms with Crippen LogP contribution in [-0.4, -0.2) is 22.1 Å². The third-order valence-electron chi connectivity index (χ3n) is 0.774. The highest BCUT2D eigenvalue weighted by Gasteiger charge is 2.05. The average molecular weight is 156 g/mol. The van der Waals surface area contributed by atoms with Gasteiger partial charge in [0.15, 0.2) is 0 Å². The summed E-state index contributed by atoms with van der Waals surface area (Å²) in [6.07, 6.45) is 0. The molecule has 0 unspecified atom stereocenters. The Kier molecular flexibility index (Phi) is 1.55. The molecule has 0 radical (unpaired) electrons. The van der Waals surface area contributed by atoms with Gasteiger partial charge in [0.1, 0.15) is 11.9 Å². The van der Waals surface area contributed by atoms with Crippen LogP contribution in [0.25, 0.3) is 0 Å². The summed E-state index contributed by atoms with van der Waals surface area (Å²) >= 11 is 0. The van der Waals surface area contributed by atoms with Crippen molar-refractivity contribution in [2.75, 3.05) is 0 Å². The molecule has 1 aromatic heterocycles. The van der Waals surface area contributed by atoms with E-state index in [1.807, 2.05) is 0 Å². The van der Waals surface area contributed by atoms with E-state index in [1.165, 1.54) is 0 Å². The first-order chi connectivity index (χ1) is 5.11. The van der Waals surface area contributed by atoms with Crippen LogP contribution < -0.4 is 10.2 Å². The van der Waals surface area contributed by atoms with Crippen LogP contribution in [0.15, 0.2) is 4.42 Å². The van der Waals surface area contributed by atoms with Gasteiger partial charge in [-0.25, -0.2) is 0 Å².